The van der Waals surface area contributed by atoms with E-state index in [2.05, 4.69) is 11.5 Å². The van der Waals surface area contributed by atoms with Crippen LogP contribution < -0.4 is 0 Å². The van der Waals surface area contributed by atoms with Crippen molar-refractivity contribution in [2.45, 2.75) is 76.0 Å². The fourth-order valence-corrected chi connectivity index (χ4v) is 7.28. The molecule has 4 aliphatic rings. The number of hydrogen-bond donors (Lipinski definition) is 1. The fourth-order valence-electron chi connectivity index (χ4n) is 7.28. The molecule has 4 heterocycles. The molecule has 5 atom stereocenters. The summed E-state index contributed by atoms with van der Waals surface area (Å²) in [7, 11) is 0. The summed E-state index contributed by atoms with van der Waals surface area (Å²) in [6.07, 6.45) is 6.63. The van der Waals surface area contributed by atoms with Gasteiger partial charge in [-0.25, -0.2) is 0 Å². The molecule has 0 saturated carbocycles. The van der Waals surface area contributed by atoms with Crippen molar-refractivity contribution in [1.82, 2.24) is 14.7 Å². The average molecular weight is 550 g/mol. The van der Waals surface area contributed by atoms with Gasteiger partial charge >= 0.3 is 5.97 Å². The van der Waals surface area contributed by atoms with Gasteiger partial charge in [0.25, 0.3) is 0 Å². The first kappa shape index (κ1) is 30.0. The number of aliphatic hydroxyl groups excluding tert-OH is 1. The van der Waals surface area contributed by atoms with Gasteiger partial charge < -0.3 is 29.1 Å². The molecule has 2 unspecified atom stereocenters. The van der Waals surface area contributed by atoms with E-state index in [0.29, 0.717) is 65.1 Å². The zero-order valence-electron chi connectivity index (χ0n) is 23.8. The summed E-state index contributed by atoms with van der Waals surface area (Å²) in [6.45, 7) is 13.1. The maximum atomic E-state index is 14.4. The third-order valence-electron chi connectivity index (χ3n) is 9.21. The Hall–Kier alpha value is -2.01. The van der Waals surface area contributed by atoms with Crippen LogP contribution >= 0.6 is 0 Å². The Morgan fingerprint density at radius 3 is 2.56 bits per heavy atom. The molecule has 4 rings (SSSR count). The number of hydrogen-bond acceptors (Lipinski definition) is 8. The van der Waals surface area contributed by atoms with Gasteiger partial charge in [-0.05, 0) is 39.0 Å². The van der Waals surface area contributed by atoms with Crippen molar-refractivity contribution in [2.75, 3.05) is 65.7 Å². The van der Waals surface area contributed by atoms with E-state index in [1.165, 1.54) is 0 Å². The molecule has 0 aromatic carbocycles. The lowest BCUT2D eigenvalue weighted by Gasteiger charge is -2.37. The number of fused-ring (bicyclic) bond motifs is 1. The molecule has 220 valence electrons. The second-order valence-corrected chi connectivity index (χ2v) is 11.3. The minimum atomic E-state index is -1.04. The molecular weight excluding hydrogens is 502 g/mol. The maximum absolute atomic E-state index is 14.4. The number of carbonyl (C=O) groups excluding carboxylic acids is 3. The van der Waals surface area contributed by atoms with Crippen molar-refractivity contribution in [1.29, 1.82) is 0 Å². The molecule has 2 amide bonds. The summed E-state index contributed by atoms with van der Waals surface area (Å²) in [6, 6.07) is -0.787. The van der Waals surface area contributed by atoms with Gasteiger partial charge in [0.1, 0.15) is 17.6 Å². The molecule has 0 aromatic rings. The number of rotatable bonds is 15. The molecule has 10 nitrogen and oxygen atoms in total. The Kier molecular flexibility index (Phi) is 10.1. The first-order valence-electron chi connectivity index (χ1n) is 14.9. The summed E-state index contributed by atoms with van der Waals surface area (Å²) in [5.74, 6) is -2.13. The zero-order chi connectivity index (χ0) is 28.0. The summed E-state index contributed by atoms with van der Waals surface area (Å²) < 4.78 is 17.7. The van der Waals surface area contributed by atoms with Crippen molar-refractivity contribution >= 4 is 17.8 Å². The second-order valence-electron chi connectivity index (χ2n) is 11.3. The third kappa shape index (κ3) is 5.62. The number of aliphatic hydroxyl groups is 1. The molecule has 0 aromatic heterocycles. The molecule has 4 saturated heterocycles. The Balaban J connectivity index is 1.63. The number of morpholine rings is 1. The predicted molar refractivity (Wildman–Crippen MR) is 145 cm³/mol. The van der Waals surface area contributed by atoms with E-state index in [1.807, 2.05) is 6.92 Å². The smallest absolute Gasteiger partial charge is 0.312 e. The zero-order valence-corrected chi connectivity index (χ0v) is 23.8. The van der Waals surface area contributed by atoms with Crippen LogP contribution in [-0.4, -0.2) is 121 Å². The molecule has 0 aliphatic carbocycles. The van der Waals surface area contributed by atoms with E-state index in [1.54, 1.807) is 22.8 Å². The van der Waals surface area contributed by atoms with Crippen LogP contribution in [-0.2, 0) is 28.6 Å². The van der Waals surface area contributed by atoms with Crippen LogP contribution in [0, 0.1) is 11.8 Å². The monoisotopic (exact) mass is 549 g/mol. The standard InChI is InChI=1S/C29H47N3O7/c1-4-13-31(16-15-30-17-20-37-21-18-30)26(35)24-29-12-11-28(5-2,39-29)23(27(36)38-6-3)22(29)25(34)32(24)14-9-7-8-10-19-33/h4,22-24,33H,1,5-21H2,2-3H3/t22-,23+,24?,28-,29?/m0/s1. The Morgan fingerprint density at radius 1 is 1.15 bits per heavy atom. The Labute approximate surface area is 232 Å². The maximum Gasteiger partial charge on any atom is 0.312 e. The molecule has 1 spiro atoms. The number of nitrogens with zero attached hydrogens (tertiary/aromatic N) is 3. The van der Waals surface area contributed by atoms with Crippen LogP contribution in [0.1, 0.15) is 58.8 Å². The van der Waals surface area contributed by atoms with E-state index in [0.717, 1.165) is 32.4 Å². The normalized spacial score (nSPS) is 31.9. The first-order valence-corrected chi connectivity index (χ1v) is 14.9. The van der Waals surface area contributed by atoms with Crippen LogP contribution in [0.15, 0.2) is 12.7 Å². The fraction of sp³-hybridized carbons (Fsp3) is 0.828. The Morgan fingerprint density at radius 2 is 1.90 bits per heavy atom. The lowest BCUT2D eigenvalue weighted by atomic mass is 9.65. The van der Waals surface area contributed by atoms with Gasteiger partial charge in [-0.3, -0.25) is 19.3 Å². The highest BCUT2D eigenvalue weighted by Gasteiger charge is 2.79. The number of carbonyl (C=O) groups is 3. The lowest BCUT2D eigenvalue weighted by molar-refractivity contribution is -0.161. The van der Waals surface area contributed by atoms with Gasteiger partial charge in [0.15, 0.2) is 0 Å². The van der Waals surface area contributed by atoms with Crippen molar-refractivity contribution in [3.8, 4) is 0 Å². The molecule has 10 heteroatoms. The molecule has 0 radical (unpaired) electrons. The van der Waals surface area contributed by atoms with Crippen LogP contribution in [0.2, 0.25) is 0 Å². The summed E-state index contributed by atoms with van der Waals surface area (Å²) in [5.41, 5.74) is -1.82. The van der Waals surface area contributed by atoms with E-state index in [4.69, 9.17) is 19.3 Å². The highest BCUT2D eigenvalue weighted by atomic mass is 16.6. The van der Waals surface area contributed by atoms with Gasteiger partial charge in [0, 0.05) is 45.9 Å². The summed E-state index contributed by atoms with van der Waals surface area (Å²) in [4.78, 5) is 47.7. The summed E-state index contributed by atoms with van der Waals surface area (Å²) in [5, 5.41) is 9.15. The van der Waals surface area contributed by atoms with Gasteiger partial charge in [0.05, 0.1) is 31.3 Å². The molecule has 1 N–H and O–H groups in total. The van der Waals surface area contributed by atoms with Crippen LogP contribution in [0.5, 0.6) is 0 Å². The first-order chi connectivity index (χ1) is 18.9. The third-order valence-corrected chi connectivity index (χ3v) is 9.21. The van der Waals surface area contributed by atoms with E-state index < -0.39 is 35.0 Å². The van der Waals surface area contributed by atoms with Gasteiger partial charge in [-0.2, -0.15) is 0 Å². The SMILES string of the molecule is C=CCN(CCN1CCOCC1)C(=O)C1N(CCCCCCO)C(=O)[C@@H]2[C@H](C(=O)OCC)[C@]3(CC)CCC12O3. The highest BCUT2D eigenvalue weighted by molar-refractivity contribution is 5.98. The molecule has 2 bridgehead atoms. The Bertz CT molecular complexity index is 894. The number of ether oxygens (including phenoxy) is 3. The molecule has 4 aliphatic heterocycles. The predicted octanol–water partition coefficient (Wildman–Crippen LogP) is 1.60. The molecular formula is C29H47N3O7. The highest BCUT2D eigenvalue weighted by Crippen LogP contribution is 2.64. The molecule has 4 fully saturated rings. The number of amides is 2. The van der Waals surface area contributed by atoms with Crippen molar-refractivity contribution < 1.29 is 33.7 Å². The van der Waals surface area contributed by atoms with Gasteiger partial charge in [0.2, 0.25) is 11.8 Å². The van der Waals surface area contributed by atoms with Crippen LogP contribution in [0.25, 0.3) is 0 Å². The number of unbranched alkanes of at least 4 members (excludes halogenated alkanes) is 3. The number of likely N-dealkylation sites (tertiary alicyclic amines) is 1. The van der Waals surface area contributed by atoms with Crippen LogP contribution in [0.4, 0.5) is 0 Å². The lowest BCUT2D eigenvalue weighted by Crippen LogP contribution is -2.57. The average Bonchev–Trinajstić information content (AvgIpc) is 3.55. The largest absolute Gasteiger partial charge is 0.466 e. The van der Waals surface area contributed by atoms with Gasteiger partial charge in [-0.1, -0.05) is 25.8 Å². The minimum Gasteiger partial charge on any atom is -0.466 e. The molecule has 39 heavy (non-hydrogen) atoms. The van der Waals surface area contributed by atoms with E-state index in [9.17, 15) is 14.4 Å². The van der Waals surface area contributed by atoms with Crippen molar-refractivity contribution in [2.24, 2.45) is 11.8 Å². The van der Waals surface area contributed by atoms with Crippen LogP contribution in [0.3, 0.4) is 0 Å². The van der Waals surface area contributed by atoms with Crippen molar-refractivity contribution in [3.05, 3.63) is 12.7 Å². The topological polar surface area (TPSA) is 109 Å². The second kappa shape index (κ2) is 13.1. The van der Waals surface area contributed by atoms with E-state index in [-0.39, 0.29) is 25.0 Å². The summed E-state index contributed by atoms with van der Waals surface area (Å²) >= 11 is 0. The van der Waals surface area contributed by atoms with E-state index >= 15 is 0 Å². The minimum absolute atomic E-state index is 0.134. The quantitative estimate of drug-likeness (QED) is 0.186. The number of esters is 1. The van der Waals surface area contributed by atoms with Gasteiger partial charge in [-0.15, -0.1) is 6.58 Å². The van der Waals surface area contributed by atoms with Crippen molar-refractivity contribution in [3.63, 3.8) is 0 Å².